The molecule has 0 saturated carbocycles. The molecule has 0 aromatic heterocycles. The van der Waals surface area contributed by atoms with Crippen molar-refractivity contribution in [1.29, 1.82) is 0 Å². The summed E-state index contributed by atoms with van der Waals surface area (Å²) in [5.41, 5.74) is 0. The van der Waals surface area contributed by atoms with Gasteiger partial charge in [-0.15, -0.1) is 0 Å². The van der Waals surface area contributed by atoms with E-state index in [1.165, 1.54) is 25.7 Å². The molecule has 5 atom stereocenters. The van der Waals surface area contributed by atoms with Crippen molar-refractivity contribution < 1.29 is 52.9 Å². The third-order valence-electron chi connectivity index (χ3n) is 7.88. The number of unbranched alkanes of at least 4 members (excludes halogenated alkanes) is 6. The second-order valence-electron chi connectivity index (χ2n) is 12.7. The highest BCUT2D eigenvalue weighted by atomic mass is 31.2. The fourth-order valence-electron chi connectivity index (χ4n) is 4.42. The smallest absolute Gasteiger partial charge is 0.462 e. The summed E-state index contributed by atoms with van der Waals surface area (Å²) < 4.78 is 32.5. The second kappa shape index (κ2) is 33.5. The SMILES string of the molecule is CCC(C)CCCCCCCCC(=O)OC[C@H](COP(=O)(O)OC[C@@H](O)CO)OC(=O)CCC/C=C\C/C=C\C/C=C\C/C=C\C=C\[C@H](O)CC. The van der Waals surface area contributed by atoms with E-state index in [1.54, 1.807) is 6.08 Å². The van der Waals surface area contributed by atoms with E-state index in [4.69, 9.17) is 19.1 Å². The van der Waals surface area contributed by atoms with Crippen LogP contribution < -0.4 is 0 Å². The van der Waals surface area contributed by atoms with Crippen molar-refractivity contribution in [2.45, 2.75) is 142 Å². The summed E-state index contributed by atoms with van der Waals surface area (Å²) in [7, 11) is -4.64. The van der Waals surface area contributed by atoms with Crippen LogP contribution in [0.5, 0.6) is 0 Å². The molecule has 0 amide bonds. The van der Waals surface area contributed by atoms with Crippen LogP contribution in [0.3, 0.4) is 0 Å². The fraction of sp³-hybridized carbons (Fsp3) is 0.692. The minimum absolute atomic E-state index is 0.0895. The molecule has 0 fully saturated rings. The highest BCUT2D eigenvalue weighted by Gasteiger charge is 2.27. The van der Waals surface area contributed by atoms with Crippen LogP contribution >= 0.6 is 7.82 Å². The highest BCUT2D eigenvalue weighted by Crippen LogP contribution is 2.43. The van der Waals surface area contributed by atoms with Crippen molar-refractivity contribution in [1.82, 2.24) is 0 Å². The van der Waals surface area contributed by atoms with Gasteiger partial charge in [0.2, 0.25) is 0 Å². The molecule has 2 unspecified atom stereocenters. The number of carbonyl (C=O) groups excluding carboxylic acids is 2. The largest absolute Gasteiger partial charge is 0.472 e. The fourth-order valence-corrected chi connectivity index (χ4v) is 5.21. The molecule has 294 valence electrons. The summed E-state index contributed by atoms with van der Waals surface area (Å²) in [6.07, 6.45) is 30.3. The summed E-state index contributed by atoms with van der Waals surface area (Å²) in [5.74, 6) is -0.260. The van der Waals surface area contributed by atoms with Crippen molar-refractivity contribution in [2.24, 2.45) is 5.92 Å². The lowest BCUT2D eigenvalue weighted by atomic mass is 10.00. The second-order valence-corrected chi connectivity index (χ2v) is 14.1. The van der Waals surface area contributed by atoms with Gasteiger partial charge in [0, 0.05) is 12.8 Å². The molecule has 0 spiro atoms. The van der Waals surface area contributed by atoms with Gasteiger partial charge in [-0.25, -0.2) is 4.57 Å². The van der Waals surface area contributed by atoms with Gasteiger partial charge >= 0.3 is 19.8 Å². The molecule has 0 aromatic carbocycles. The number of rotatable bonds is 33. The molecule has 0 aliphatic rings. The van der Waals surface area contributed by atoms with Crippen LogP contribution in [-0.2, 0) is 32.7 Å². The zero-order chi connectivity index (χ0) is 38.0. The maximum Gasteiger partial charge on any atom is 0.472 e. The Labute approximate surface area is 307 Å². The lowest BCUT2D eigenvalue weighted by molar-refractivity contribution is -0.161. The van der Waals surface area contributed by atoms with Crippen molar-refractivity contribution in [3.63, 3.8) is 0 Å². The minimum Gasteiger partial charge on any atom is -0.462 e. The Kier molecular flexibility index (Phi) is 31.9. The van der Waals surface area contributed by atoms with Gasteiger partial charge < -0.3 is 29.7 Å². The summed E-state index contributed by atoms with van der Waals surface area (Å²) in [5, 5.41) is 27.7. The normalized spacial score (nSPS) is 16.0. The van der Waals surface area contributed by atoms with E-state index in [1.807, 2.05) is 37.3 Å². The Hall–Kier alpha value is -2.37. The van der Waals surface area contributed by atoms with Gasteiger partial charge in [0.15, 0.2) is 6.10 Å². The van der Waals surface area contributed by atoms with E-state index in [0.717, 1.165) is 44.4 Å². The molecule has 11 nitrogen and oxygen atoms in total. The van der Waals surface area contributed by atoms with Crippen molar-refractivity contribution >= 4 is 19.8 Å². The quantitative estimate of drug-likeness (QED) is 0.0169. The van der Waals surface area contributed by atoms with Crippen molar-refractivity contribution in [3.8, 4) is 0 Å². The molecule has 4 N–H and O–H groups in total. The van der Waals surface area contributed by atoms with Crippen molar-refractivity contribution in [2.75, 3.05) is 26.4 Å². The molecule has 51 heavy (non-hydrogen) atoms. The van der Waals surface area contributed by atoms with Crippen LogP contribution in [-0.4, -0.2) is 76.9 Å². The number of hydrogen-bond acceptors (Lipinski definition) is 10. The zero-order valence-corrected chi connectivity index (χ0v) is 32.2. The van der Waals surface area contributed by atoms with Gasteiger partial charge in [-0.05, 0) is 50.9 Å². The Bertz CT molecular complexity index is 1070. The van der Waals surface area contributed by atoms with Crippen molar-refractivity contribution in [3.05, 3.63) is 60.8 Å². The summed E-state index contributed by atoms with van der Waals surface area (Å²) in [6.45, 7) is 4.20. The average Bonchev–Trinajstić information content (AvgIpc) is 3.12. The minimum atomic E-state index is -4.64. The molecule has 0 aliphatic carbocycles. The molecule has 0 radical (unpaired) electrons. The third kappa shape index (κ3) is 33.2. The topological polar surface area (TPSA) is 169 Å². The van der Waals surface area contributed by atoms with Crippen LogP contribution in [0.25, 0.3) is 0 Å². The van der Waals surface area contributed by atoms with Gasteiger partial charge in [-0.2, -0.15) is 0 Å². The lowest BCUT2D eigenvalue weighted by Gasteiger charge is -2.20. The van der Waals surface area contributed by atoms with E-state index in [-0.39, 0.29) is 19.4 Å². The predicted octanol–water partition coefficient (Wildman–Crippen LogP) is 7.99. The molecule has 0 heterocycles. The first kappa shape index (κ1) is 48.6. The van der Waals surface area contributed by atoms with Crippen LogP contribution in [0.15, 0.2) is 60.8 Å². The van der Waals surface area contributed by atoms with Gasteiger partial charge in [0.1, 0.15) is 12.7 Å². The number of aliphatic hydroxyl groups is 3. The molecular formula is C39H67O11P. The van der Waals surface area contributed by atoms with E-state index in [2.05, 4.69) is 42.7 Å². The maximum atomic E-state index is 12.5. The molecule has 0 bridgehead atoms. The maximum absolute atomic E-state index is 12.5. The van der Waals surface area contributed by atoms with Crippen LogP contribution in [0.2, 0.25) is 0 Å². The Morgan fingerprint density at radius 3 is 1.94 bits per heavy atom. The van der Waals surface area contributed by atoms with Gasteiger partial charge in [-0.3, -0.25) is 18.6 Å². The number of aliphatic hydroxyl groups excluding tert-OH is 3. The Morgan fingerprint density at radius 1 is 0.706 bits per heavy atom. The number of hydrogen-bond donors (Lipinski definition) is 4. The monoisotopic (exact) mass is 742 g/mol. The number of phosphoric acid groups is 1. The van der Waals surface area contributed by atoms with Crippen LogP contribution in [0.4, 0.5) is 0 Å². The Morgan fingerprint density at radius 2 is 1.29 bits per heavy atom. The van der Waals surface area contributed by atoms with E-state index >= 15 is 0 Å². The van der Waals surface area contributed by atoms with Crippen LogP contribution in [0, 0.1) is 5.92 Å². The van der Waals surface area contributed by atoms with Gasteiger partial charge in [0.25, 0.3) is 0 Å². The number of esters is 2. The molecule has 0 saturated heterocycles. The van der Waals surface area contributed by atoms with E-state index < -0.39 is 57.9 Å². The first-order valence-corrected chi connectivity index (χ1v) is 20.2. The molecule has 0 aliphatic heterocycles. The number of phosphoric ester groups is 1. The average molecular weight is 743 g/mol. The number of carbonyl (C=O) groups is 2. The lowest BCUT2D eigenvalue weighted by Crippen LogP contribution is -2.29. The molecule has 0 aromatic rings. The predicted molar refractivity (Wildman–Crippen MR) is 202 cm³/mol. The summed E-state index contributed by atoms with van der Waals surface area (Å²) in [4.78, 5) is 34.8. The van der Waals surface area contributed by atoms with E-state index in [9.17, 15) is 29.3 Å². The van der Waals surface area contributed by atoms with E-state index in [0.29, 0.717) is 25.7 Å². The zero-order valence-electron chi connectivity index (χ0n) is 31.3. The van der Waals surface area contributed by atoms with Crippen LogP contribution in [0.1, 0.15) is 124 Å². The Balaban J connectivity index is 4.53. The highest BCUT2D eigenvalue weighted by molar-refractivity contribution is 7.47. The summed E-state index contributed by atoms with van der Waals surface area (Å²) in [6, 6.07) is 0. The third-order valence-corrected chi connectivity index (χ3v) is 8.84. The number of ether oxygens (including phenoxy) is 2. The van der Waals surface area contributed by atoms with Gasteiger partial charge in [0.05, 0.1) is 25.9 Å². The molecular weight excluding hydrogens is 675 g/mol. The van der Waals surface area contributed by atoms with Gasteiger partial charge in [-0.1, -0.05) is 126 Å². The first-order chi connectivity index (χ1) is 24.5. The number of allylic oxidation sites excluding steroid dienone is 9. The first-order valence-electron chi connectivity index (χ1n) is 18.7. The standard InChI is InChI=1S/C39H67O11P/c1-4-34(3)26-22-18-16-17-20-24-28-38(43)47-32-37(33-49-51(45,46)48-31-36(42)30-40)50-39(44)29-25-21-15-13-11-9-7-6-8-10-12-14-19-23-27-35(41)5-2/h7-10,13-15,19,23,27,34-37,40-42H,4-6,11-12,16-18,20-22,24-26,28-33H2,1-3H3,(H,45,46)/b9-7-,10-8-,15-13-,19-14-,27-23+/t34?,35-,36+,37-/m1/s1. The summed E-state index contributed by atoms with van der Waals surface area (Å²) >= 11 is 0. The molecule has 12 heteroatoms. The molecule has 0 rings (SSSR count).